The number of hydrogen-bond acceptors (Lipinski definition) is 11. The summed E-state index contributed by atoms with van der Waals surface area (Å²) >= 11 is 0. The summed E-state index contributed by atoms with van der Waals surface area (Å²) < 4.78 is 23.4. The fraction of sp³-hybridized carbons (Fsp3) is 0.429. The highest BCUT2D eigenvalue weighted by molar-refractivity contribution is 5.93. The molecule has 0 spiro atoms. The highest BCUT2D eigenvalue weighted by Gasteiger charge is 2.51. The molecular weight excluding hydrogens is 434 g/mol. The molecule has 2 aromatic rings. The van der Waals surface area contributed by atoms with E-state index in [-0.39, 0.29) is 24.4 Å². The van der Waals surface area contributed by atoms with Crippen molar-refractivity contribution < 1.29 is 33.3 Å². The van der Waals surface area contributed by atoms with E-state index in [1.807, 2.05) is 0 Å². The lowest BCUT2D eigenvalue weighted by atomic mass is 10.1. The molecule has 1 saturated heterocycles. The van der Waals surface area contributed by atoms with Gasteiger partial charge in [0.25, 0.3) is 0 Å². The van der Waals surface area contributed by atoms with Crippen LogP contribution in [0.25, 0.3) is 11.0 Å². The molecule has 1 aliphatic rings. The zero-order valence-corrected chi connectivity index (χ0v) is 18.1. The van der Waals surface area contributed by atoms with Crippen LogP contribution in [0.2, 0.25) is 0 Å². The van der Waals surface area contributed by atoms with Gasteiger partial charge in [-0.1, -0.05) is 5.92 Å². The van der Waals surface area contributed by atoms with Gasteiger partial charge in [-0.05, 0) is 0 Å². The SMILES string of the molecule is C#CCNc1ncnc2c1c(C#N)cn2[C@@H]1OC(COC(C)=O)C(OC(C)=O)C1OC(C)=O. The molecule has 3 unspecified atom stereocenters. The van der Waals surface area contributed by atoms with Crippen LogP contribution in [0.3, 0.4) is 0 Å². The van der Waals surface area contributed by atoms with Crippen LogP contribution in [0.15, 0.2) is 12.5 Å². The molecule has 0 saturated carbocycles. The molecule has 4 atom stereocenters. The van der Waals surface area contributed by atoms with E-state index in [1.54, 1.807) is 0 Å². The first kappa shape index (κ1) is 23.5. The molecule has 1 aliphatic heterocycles. The van der Waals surface area contributed by atoms with Crippen molar-refractivity contribution in [2.45, 2.75) is 45.3 Å². The number of carbonyl (C=O) groups is 3. The van der Waals surface area contributed by atoms with E-state index in [2.05, 4.69) is 27.3 Å². The zero-order chi connectivity index (χ0) is 24.1. The van der Waals surface area contributed by atoms with Crippen molar-refractivity contribution in [2.75, 3.05) is 18.5 Å². The molecule has 12 heteroatoms. The molecule has 12 nitrogen and oxygen atoms in total. The minimum Gasteiger partial charge on any atom is -0.463 e. The molecule has 0 radical (unpaired) electrons. The molecule has 0 amide bonds. The van der Waals surface area contributed by atoms with Gasteiger partial charge in [0.15, 0.2) is 18.4 Å². The fourth-order valence-corrected chi connectivity index (χ4v) is 3.55. The third kappa shape index (κ3) is 5.02. The second-order valence-corrected chi connectivity index (χ2v) is 7.06. The first-order valence-electron chi connectivity index (χ1n) is 9.83. The third-order valence-electron chi connectivity index (χ3n) is 4.70. The van der Waals surface area contributed by atoms with Crippen LogP contribution >= 0.6 is 0 Å². The van der Waals surface area contributed by atoms with Crippen molar-refractivity contribution in [1.29, 1.82) is 5.26 Å². The lowest BCUT2D eigenvalue weighted by Crippen LogP contribution is -2.40. The van der Waals surface area contributed by atoms with Crippen molar-refractivity contribution in [1.82, 2.24) is 14.5 Å². The van der Waals surface area contributed by atoms with Crippen LogP contribution in [-0.2, 0) is 33.3 Å². The Morgan fingerprint density at radius 3 is 2.48 bits per heavy atom. The smallest absolute Gasteiger partial charge is 0.303 e. The Morgan fingerprint density at radius 1 is 1.18 bits per heavy atom. The number of carbonyl (C=O) groups excluding carboxylic acids is 3. The largest absolute Gasteiger partial charge is 0.463 e. The molecule has 1 fully saturated rings. The van der Waals surface area contributed by atoms with Crippen molar-refractivity contribution in [3.05, 3.63) is 18.1 Å². The average molecular weight is 455 g/mol. The maximum absolute atomic E-state index is 11.9. The fourth-order valence-electron chi connectivity index (χ4n) is 3.55. The lowest BCUT2D eigenvalue weighted by molar-refractivity contribution is -0.166. The van der Waals surface area contributed by atoms with Crippen LogP contribution < -0.4 is 5.32 Å². The van der Waals surface area contributed by atoms with Gasteiger partial charge in [-0.2, -0.15) is 5.26 Å². The topological polar surface area (TPSA) is 155 Å². The number of nitriles is 1. The Hall–Kier alpha value is -4.16. The molecule has 33 heavy (non-hydrogen) atoms. The molecule has 3 rings (SSSR count). The van der Waals surface area contributed by atoms with Crippen LogP contribution in [0.1, 0.15) is 32.6 Å². The minimum atomic E-state index is -1.12. The quantitative estimate of drug-likeness (QED) is 0.356. The number of hydrogen-bond donors (Lipinski definition) is 1. The number of ether oxygens (including phenoxy) is 4. The normalized spacial score (nSPS) is 21.6. The predicted molar refractivity (Wildman–Crippen MR) is 111 cm³/mol. The van der Waals surface area contributed by atoms with E-state index in [9.17, 15) is 19.6 Å². The van der Waals surface area contributed by atoms with Crippen molar-refractivity contribution >= 4 is 34.8 Å². The first-order valence-corrected chi connectivity index (χ1v) is 9.83. The summed E-state index contributed by atoms with van der Waals surface area (Å²) in [5, 5.41) is 13.0. The molecule has 0 aromatic carbocycles. The van der Waals surface area contributed by atoms with E-state index in [4.69, 9.17) is 25.4 Å². The molecule has 3 heterocycles. The van der Waals surface area contributed by atoms with Gasteiger partial charge in [0.05, 0.1) is 17.5 Å². The monoisotopic (exact) mass is 455 g/mol. The van der Waals surface area contributed by atoms with Crippen LogP contribution in [0, 0.1) is 23.7 Å². The van der Waals surface area contributed by atoms with Gasteiger partial charge < -0.3 is 28.8 Å². The van der Waals surface area contributed by atoms with Crippen LogP contribution in [0.4, 0.5) is 5.82 Å². The number of aromatic nitrogens is 3. The summed E-state index contributed by atoms with van der Waals surface area (Å²) in [6.07, 6.45) is 3.83. The maximum atomic E-state index is 11.9. The summed E-state index contributed by atoms with van der Waals surface area (Å²) in [7, 11) is 0. The molecule has 0 aliphatic carbocycles. The number of fused-ring (bicyclic) bond motifs is 1. The summed E-state index contributed by atoms with van der Waals surface area (Å²) in [6, 6.07) is 2.07. The van der Waals surface area contributed by atoms with E-state index >= 15 is 0 Å². The number of nitrogens with one attached hydrogen (secondary N) is 1. The number of anilines is 1. The summed E-state index contributed by atoms with van der Waals surface area (Å²) in [4.78, 5) is 43.3. The van der Waals surface area contributed by atoms with Gasteiger partial charge in [0, 0.05) is 27.0 Å². The Bertz CT molecular complexity index is 1160. The average Bonchev–Trinajstić information content (AvgIpc) is 3.28. The third-order valence-corrected chi connectivity index (χ3v) is 4.70. The van der Waals surface area contributed by atoms with E-state index in [0.29, 0.717) is 11.2 Å². The van der Waals surface area contributed by atoms with Gasteiger partial charge in [-0.15, -0.1) is 6.42 Å². The Balaban J connectivity index is 2.11. The first-order chi connectivity index (χ1) is 15.8. The molecule has 172 valence electrons. The summed E-state index contributed by atoms with van der Waals surface area (Å²) in [5.74, 6) is 0.901. The van der Waals surface area contributed by atoms with E-state index in [0.717, 1.165) is 0 Å². The van der Waals surface area contributed by atoms with Gasteiger partial charge in [0.1, 0.15) is 36.6 Å². The minimum absolute atomic E-state index is 0.164. The number of nitrogens with zero attached hydrogens (tertiary/aromatic N) is 4. The Morgan fingerprint density at radius 2 is 1.88 bits per heavy atom. The van der Waals surface area contributed by atoms with Crippen molar-refractivity contribution in [3.8, 4) is 18.4 Å². The summed E-state index contributed by atoms with van der Waals surface area (Å²) in [6.45, 7) is 3.51. The number of esters is 3. The van der Waals surface area contributed by atoms with E-state index in [1.165, 1.54) is 37.9 Å². The van der Waals surface area contributed by atoms with E-state index < -0.39 is 42.4 Å². The zero-order valence-electron chi connectivity index (χ0n) is 18.1. The predicted octanol–water partition coefficient (Wildman–Crippen LogP) is 0.672. The molecule has 2 aromatic heterocycles. The highest BCUT2D eigenvalue weighted by atomic mass is 16.7. The lowest BCUT2D eigenvalue weighted by Gasteiger charge is -2.24. The van der Waals surface area contributed by atoms with Crippen LogP contribution in [0.5, 0.6) is 0 Å². The van der Waals surface area contributed by atoms with Crippen LogP contribution in [-0.4, -0.2) is 63.9 Å². The standard InChI is InChI=1S/C21H21N5O7/c1-5-6-23-19-16-14(7-22)8-26(20(16)25-10-24-19)21-18(32-13(4)29)17(31-12(3)28)15(33-21)9-30-11(2)27/h1,8,10,15,17-18,21H,6,9H2,2-4H3,(H,23,24,25)/t15?,17?,18?,21-/m1/s1. The number of rotatable bonds is 7. The maximum Gasteiger partial charge on any atom is 0.303 e. The van der Waals surface area contributed by atoms with Gasteiger partial charge in [0.2, 0.25) is 0 Å². The van der Waals surface area contributed by atoms with Gasteiger partial charge >= 0.3 is 17.9 Å². The molecular formula is C21H21N5O7. The second-order valence-electron chi connectivity index (χ2n) is 7.06. The molecule has 0 bridgehead atoms. The Kier molecular flexibility index (Phi) is 7.10. The number of terminal acetylenes is 1. The summed E-state index contributed by atoms with van der Waals surface area (Å²) in [5.41, 5.74) is 0.501. The second kappa shape index (κ2) is 9.97. The highest BCUT2D eigenvalue weighted by Crippen LogP contribution is 2.38. The Labute approximate surface area is 188 Å². The van der Waals surface area contributed by atoms with Gasteiger partial charge in [-0.25, -0.2) is 9.97 Å². The molecule has 1 N–H and O–H groups in total. The van der Waals surface area contributed by atoms with Crippen molar-refractivity contribution in [2.24, 2.45) is 0 Å². The van der Waals surface area contributed by atoms with Crippen molar-refractivity contribution in [3.63, 3.8) is 0 Å². The van der Waals surface area contributed by atoms with Gasteiger partial charge in [-0.3, -0.25) is 14.4 Å².